The number of nitrogens with zero attached hydrogens (tertiary/aromatic N) is 1. The fourth-order valence-electron chi connectivity index (χ4n) is 2.31. The van der Waals surface area contributed by atoms with Gasteiger partial charge in [-0.1, -0.05) is 6.92 Å². The van der Waals surface area contributed by atoms with Crippen molar-refractivity contribution in [3.8, 4) is 0 Å². The van der Waals surface area contributed by atoms with Crippen molar-refractivity contribution in [2.75, 3.05) is 0 Å². The number of aryl methyl sites for hydroxylation is 1. The number of halogens is 1. The van der Waals surface area contributed by atoms with Crippen molar-refractivity contribution in [2.45, 2.75) is 19.9 Å². The van der Waals surface area contributed by atoms with Crippen LogP contribution in [-0.2, 0) is 6.54 Å². The van der Waals surface area contributed by atoms with Crippen LogP contribution in [-0.4, -0.2) is 4.57 Å². The van der Waals surface area contributed by atoms with Gasteiger partial charge in [0, 0.05) is 11.9 Å². The molecule has 0 spiro atoms. The van der Waals surface area contributed by atoms with E-state index in [-0.39, 0.29) is 11.4 Å². The predicted molar refractivity (Wildman–Crippen MR) is 68.2 cm³/mol. The summed E-state index contributed by atoms with van der Waals surface area (Å²) >= 11 is 0. The zero-order chi connectivity index (χ0) is 12.7. The van der Waals surface area contributed by atoms with Gasteiger partial charge in [0.05, 0.1) is 17.2 Å². The molecule has 4 heteroatoms. The lowest BCUT2D eigenvalue weighted by molar-refractivity contribution is 0.614. The number of rotatable bonds is 2. The Morgan fingerprint density at radius 2 is 2.11 bits per heavy atom. The third-order valence-corrected chi connectivity index (χ3v) is 3.08. The number of hydrogen-bond acceptors (Lipinski definition) is 2. The summed E-state index contributed by atoms with van der Waals surface area (Å²) in [6, 6.07) is 6.08. The van der Waals surface area contributed by atoms with Gasteiger partial charge in [-0.3, -0.25) is 4.79 Å². The van der Waals surface area contributed by atoms with E-state index in [1.165, 1.54) is 18.4 Å². The Morgan fingerprint density at radius 3 is 2.89 bits per heavy atom. The molecule has 0 N–H and O–H groups in total. The molecule has 0 radical (unpaired) electrons. The van der Waals surface area contributed by atoms with Gasteiger partial charge < -0.3 is 8.98 Å². The lowest BCUT2D eigenvalue weighted by Crippen LogP contribution is -2.20. The molecule has 1 aromatic carbocycles. The van der Waals surface area contributed by atoms with Gasteiger partial charge in [-0.25, -0.2) is 4.39 Å². The molecule has 0 aliphatic carbocycles. The van der Waals surface area contributed by atoms with Crippen LogP contribution in [0.2, 0.25) is 0 Å². The summed E-state index contributed by atoms with van der Waals surface area (Å²) in [5, 5.41) is 1.31. The summed E-state index contributed by atoms with van der Waals surface area (Å²) in [4.78, 5) is 12.3. The van der Waals surface area contributed by atoms with Gasteiger partial charge in [0.1, 0.15) is 11.4 Å². The molecule has 0 saturated heterocycles. The van der Waals surface area contributed by atoms with Gasteiger partial charge in [0.2, 0.25) is 0 Å². The lowest BCUT2D eigenvalue weighted by Gasteiger charge is -2.09. The standard InChI is InChI=1S/C14H12FNO2/c1-2-6-16-12-8-9(15)3-4-10(12)13-11(14(16)17)5-7-18-13/h3-5,7-8H,2,6H2,1H3. The molecular formula is C14H12FNO2. The monoisotopic (exact) mass is 245 g/mol. The van der Waals surface area contributed by atoms with Crippen molar-refractivity contribution in [1.82, 2.24) is 4.57 Å². The fraction of sp³-hybridized carbons (Fsp3) is 0.214. The van der Waals surface area contributed by atoms with Crippen LogP contribution in [0.15, 0.2) is 39.7 Å². The van der Waals surface area contributed by atoms with Crippen LogP contribution in [0.4, 0.5) is 4.39 Å². The van der Waals surface area contributed by atoms with Crippen LogP contribution >= 0.6 is 0 Å². The Kier molecular flexibility index (Phi) is 2.44. The second kappa shape index (κ2) is 3.98. The predicted octanol–water partition coefficient (Wildman–Crippen LogP) is 3.30. The Hall–Kier alpha value is -2.10. The number of hydrogen-bond donors (Lipinski definition) is 0. The number of pyridine rings is 1. The largest absolute Gasteiger partial charge is 0.463 e. The molecule has 3 rings (SSSR count). The maximum Gasteiger partial charge on any atom is 0.262 e. The molecule has 92 valence electrons. The first kappa shape index (κ1) is 11.0. The first-order chi connectivity index (χ1) is 8.72. The van der Waals surface area contributed by atoms with Crippen LogP contribution in [0, 0.1) is 5.82 Å². The summed E-state index contributed by atoms with van der Waals surface area (Å²) < 4.78 is 20.3. The Bertz CT molecular complexity index is 785. The summed E-state index contributed by atoms with van der Waals surface area (Å²) in [5.74, 6) is -0.349. The molecule has 0 amide bonds. The van der Waals surface area contributed by atoms with Crippen LogP contribution in [0.5, 0.6) is 0 Å². The summed E-state index contributed by atoms with van der Waals surface area (Å²) in [6.07, 6.45) is 2.31. The summed E-state index contributed by atoms with van der Waals surface area (Å²) in [7, 11) is 0. The first-order valence-electron chi connectivity index (χ1n) is 5.91. The zero-order valence-corrected chi connectivity index (χ0v) is 9.94. The molecule has 0 aliphatic rings. The minimum atomic E-state index is -0.349. The van der Waals surface area contributed by atoms with Crippen molar-refractivity contribution < 1.29 is 8.81 Å². The molecular weight excluding hydrogens is 233 g/mol. The molecule has 0 atom stereocenters. The van der Waals surface area contributed by atoms with E-state index < -0.39 is 0 Å². The lowest BCUT2D eigenvalue weighted by atomic mass is 10.1. The second-order valence-electron chi connectivity index (χ2n) is 4.28. The molecule has 2 heterocycles. The number of fused-ring (bicyclic) bond motifs is 3. The highest BCUT2D eigenvalue weighted by atomic mass is 19.1. The van der Waals surface area contributed by atoms with E-state index in [0.29, 0.717) is 23.0 Å². The van der Waals surface area contributed by atoms with E-state index in [1.807, 2.05) is 6.92 Å². The van der Waals surface area contributed by atoms with Crippen LogP contribution < -0.4 is 5.56 Å². The van der Waals surface area contributed by atoms with Crippen molar-refractivity contribution in [3.63, 3.8) is 0 Å². The van der Waals surface area contributed by atoms with Crippen LogP contribution in [0.25, 0.3) is 21.9 Å². The third-order valence-electron chi connectivity index (χ3n) is 3.08. The molecule has 0 saturated carbocycles. The Morgan fingerprint density at radius 1 is 1.28 bits per heavy atom. The zero-order valence-electron chi connectivity index (χ0n) is 9.94. The molecule has 0 fully saturated rings. The van der Waals surface area contributed by atoms with E-state index in [2.05, 4.69) is 0 Å². The minimum absolute atomic E-state index is 0.126. The molecule has 0 bridgehead atoms. The molecule has 0 aliphatic heterocycles. The maximum absolute atomic E-state index is 13.4. The number of furan rings is 1. The molecule has 18 heavy (non-hydrogen) atoms. The topological polar surface area (TPSA) is 35.1 Å². The molecule has 3 aromatic rings. The summed E-state index contributed by atoms with van der Waals surface area (Å²) in [6.45, 7) is 2.55. The van der Waals surface area contributed by atoms with Crippen LogP contribution in [0.1, 0.15) is 13.3 Å². The Balaban J connectivity index is 2.56. The highest BCUT2D eigenvalue weighted by molar-refractivity contribution is 6.02. The maximum atomic E-state index is 13.4. The first-order valence-corrected chi connectivity index (χ1v) is 5.91. The van der Waals surface area contributed by atoms with E-state index in [9.17, 15) is 9.18 Å². The van der Waals surface area contributed by atoms with Gasteiger partial charge in [0.25, 0.3) is 5.56 Å². The van der Waals surface area contributed by atoms with E-state index in [0.717, 1.165) is 11.8 Å². The Labute approximate surface area is 102 Å². The molecule has 3 nitrogen and oxygen atoms in total. The number of aromatic nitrogens is 1. The van der Waals surface area contributed by atoms with E-state index in [1.54, 1.807) is 16.7 Å². The van der Waals surface area contributed by atoms with Gasteiger partial charge in [-0.2, -0.15) is 0 Å². The van der Waals surface area contributed by atoms with Gasteiger partial charge in [-0.05, 0) is 30.7 Å². The van der Waals surface area contributed by atoms with Crippen molar-refractivity contribution in [2.24, 2.45) is 0 Å². The average molecular weight is 245 g/mol. The van der Waals surface area contributed by atoms with Crippen molar-refractivity contribution in [3.05, 3.63) is 46.7 Å². The van der Waals surface area contributed by atoms with Crippen molar-refractivity contribution >= 4 is 21.9 Å². The SMILES string of the molecule is CCCn1c(=O)c2ccoc2c2ccc(F)cc21. The minimum Gasteiger partial charge on any atom is -0.463 e. The quantitative estimate of drug-likeness (QED) is 0.694. The number of benzene rings is 1. The smallest absolute Gasteiger partial charge is 0.262 e. The summed E-state index contributed by atoms with van der Waals surface area (Å²) in [5.41, 5.74) is 0.991. The third kappa shape index (κ3) is 1.45. The van der Waals surface area contributed by atoms with Crippen LogP contribution in [0.3, 0.4) is 0 Å². The molecule has 2 aromatic heterocycles. The van der Waals surface area contributed by atoms with E-state index >= 15 is 0 Å². The van der Waals surface area contributed by atoms with Gasteiger partial charge in [-0.15, -0.1) is 0 Å². The van der Waals surface area contributed by atoms with Gasteiger partial charge >= 0.3 is 0 Å². The highest BCUT2D eigenvalue weighted by Gasteiger charge is 2.13. The van der Waals surface area contributed by atoms with E-state index in [4.69, 9.17) is 4.42 Å². The average Bonchev–Trinajstić information content (AvgIpc) is 2.83. The van der Waals surface area contributed by atoms with Crippen molar-refractivity contribution in [1.29, 1.82) is 0 Å². The highest BCUT2D eigenvalue weighted by Crippen LogP contribution is 2.24. The molecule has 0 unspecified atom stereocenters. The fourth-order valence-corrected chi connectivity index (χ4v) is 2.31. The second-order valence-corrected chi connectivity index (χ2v) is 4.28. The normalized spacial score (nSPS) is 11.4. The van der Waals surface area contributed by atoms with Gasteiger partial charge in [0.15, 0.2) is 0 Å².